The number of halogens is 1. The molecule has 2 rings (SSSR count). The maximum Gasteiger partial charge on any atom is 0.191 e. The van der Waals surface area contributed by atoms with Gasteiger partial charge in [-0.05, 0) is 25.0 Å². The minimum absolute atomic E-state index is 0.170. The molecule has 0 unspecified atom stereocenters. The van der Waals surface area contributed by atoms with E-state index in [4.69, 9.17) is 0 Å². The number of para-hydroxylation sites is 1. The van der Waals surface area contributed by atoms with E-state index in [1.54, 1.807) is 12.1 Å². The van der Waals surface area contributed by atoms with E-state index in [0.29, 0.717) is 5.69 Å². The average Bonchev–Trinajstić information content (AvgIpc) is 2.45. The molecule has 1 aliphatic rings. The van der Waals surface area contributed by atoms with Crippen LogP contribution < -0.4 is 15.5 Å². The van der Waals surface area contributed by atoms with Crippen LogP contribution in [-0.4, -0.2) is 39.2 Å². The van der Waals surface area contributed by atoms with Gasteiger partial charge in [0.2, 0.25) is 0 Å². The molecule has 19 heavy (non-hydrogen) atoms. The molecule has 0 atom stereocenters. The Morgan fingerprint density at radius 2 is 2.26 bits per heavy atom. The zero-order valence-corrected chi connectivity index (χ0v) is 11.3. The molecule has 0 radical (unpaired) electrons. The van der Waals surface area contributed by atoms with Crippen molar-refractivity contribution in [1.29, 1.82) is 0 Å². The summed E-state index contributed by atoms with van der Waals surface area (Å²) in [7, 11) is 1.91. The third-order valence-electron chi connectivity index (χ3n) is 3.12. The third-order valence-corrected chi connectivity index (χ3v) is 3.12. The molecule has 0 spiro atoms. The lowest BCUT2D eigenvalue weighted by Gasteiger charge is -2.21. The van der Waals surface area contributed by atoms with Gasteiger partial charge in [0.1, 0.15) is 5.82 Å². The van der Waals surface area contributed by atoms with Gasteiger partial charge in [-0.2, -0.15) is 0 Å². The molecule has 0 aliphatic carbocycles. The van der Waals surface area contributed by atoms with E-state index in [0.717, 1.165) is 45.0 Å². The Kier molecular flexibility index (Phi) is 5.01. The number of guanidine groups is 1. The minimum Gasteiger partial charge on any atom is -0.372 e. The fraction of sp³-hybridized carbons (Fsp3) is 0.500. The van der Waals surface area contributed by atoms with Crippen LogP contribution in [0.25, 0.3) is 0 Å². The standard InChI is InChI=1S/C14H21FN4/c1-19(13-7-3-2-6-12(13)15)11-5-10-18-14-16-8-4-9-17-14/h2-3,6-7H,4-5,8-11H2,1H3,(H2,16,17,18). The third kappa shape index (κ3) is 4.12. The molecule has 0 bridgehead atoms. The number of aliphatic imine (C=N–C) groups is 1. The molecule has 1 aromatic rings. The Hall–Kier alpha value is -1.78. The van der Waals surface area contributed by atoms with Gasteiger partial charge in [-0.25, -0.2) is 4.39 Å². The van der Waals surface area contributed by atoms with E-state index in [1.807, 2.05) is 18.0 Å². The van der Waals surface area contributed by atoms with E-state index in [2.05, 4.69) is 15.6 Å². The summed E-state index contributed by atoms with van der Waals surface area (Å²) >= 11 is 0. The van der Waals surface area contributed by atoms with Crippen molar-refractivity contribution in [3.63, 3.8) is 0 Å². The summed E-state index contributed by atoms with van der Waals surface area (Å²) in [6, 6.07) is 6.86. The molecule has 2 N–H and O–H groups in total. The second-order valence-corrected chi connectivity index (χ2v) is 4.66. The predicted octanol–water partition coefficient (Wildman–Crippen LogP) is 1.59. The topological polar surface area (TPSA) is 39.7 Å². The van der Waals surface area contributed by atoms with Crippen molar-refractivity contribution < 1.29 is 4.39 Å². The first-order chi connectivity index (χ1) is 9.27. The lowest BCUT2D eigenvalue weighted by atomic mass is 10.2. The van der Waals surface area contributed by atoms with Crippen molar-refractivity contribution in [2.24, 2.45) is 4.99 Å². The Morgan fingerprint density at radius 3 is 3.00 bits per heavy atom. The molecule has 0 saturated carbocycles. The summed E-state index contributed by atoms with van der Waals surface area (Å²) in [5, 5.41) is 6.47. The molecule has 104 valence electrons. The second kappa shape index (κ2) is 6.97. The monoisotopic (exact) mass is 264 g/mol. The number of hydrogen-bond acceptors (Lipinski definition) is 4. The normalized spacial score (nSPS) is 14.5. The van der Waals surface area contributed by atoms with Gasteiger partial charge in [-0.15, -0.1) is 0 Å². The average molecular weight is 264 g/mol. The molecule has 0 aromatic heterocycles. The number of rotatable bonds is 5. The number of benzene rings is 1. The molecule has 1 aliphatic heterocycles. The van der Waals surface area contributed by atoms with Crippen molar-refractivity contribution in [2.45, 2.75) is 12.8 Å². The zero-order chi connectivity index (χ0) is 13.5. The van der Waals surface area contributed by atoms with Crippen LogP contribution in [0.3, 0.4) is 0 Å². The predicted molar refractivity (Wildman–Crippen MR) is 77.2 cm³/mol. The van der Waals surface area contributed by atoms with Crippen molar-refractivity contribution in [3.05, 3.63) is 30.1 Å². The van der Waals surface area contributed by atoms with Gasteiger partial charge in [0, 0.05) is 33.2 Å². The fourth-order valence-corrected chi connectivity index (χ4v) is 2.06. The highest BCUT2D eigenvalue weighted by Crippen LogP contribution is 2.16. The van der Waals surface area contributed by atoms with Crippen LogP contribution in [0.15, 0.2) is 29.3 Å². The molecule has 0 amide bonds. The molecule has 0 saturated heterocycles. The molecule has 5 heteroatoms. The lowest BCUT2D eigenvalue weighted by Crippen LogP contribution is -2.41. The summed E-state index contributed by atoms with van der Waals surface area (Å²) < 4.78 is 13.6. The Bertz CT molecular complexity index is 433. The van der Waals surface area contributed by atoms with Crippen LogP contribution in [0, 0.1) is 5.82 Å². The van der Waals surface area contributed by atoms with Crippen molar-refractivity contribution in [1.82, 2.24) is 10.6 Å². The van der Waals surface area contributed by atoms with E-state index < -0.39 is 0 Å². The first kappa shape index (κ1) is 13.6. The molecule has 0 fully saturated rings. The molecule has 1 aromatic carbocycles. The first-order valence-corrected chi connectivity index (χ1v) is 6.75. The Labute approximate surface area is 113 Å². The molecule has 4 nitrogen and oxygen atoms in total. The highest BCUT2D eigenvalue weighted by molar-refractivity contribution is 5.80. The van der Waals surface area contributed by atoms with Gasteiger partial charge in [0.05, 0.1) is 5.69 Å². The van der Waals surface area contributed by atoms with Crippen molar-refractivity contribution >= 4 is 11.6 Å². The van der Waals surface area contributed by atoms with Crippen LogP contribution in [-0.2, 0) is 0 Å². The summed E-state index contributed by atoms with van der Waals surface area (Å²) in [6.45, 7) is 3.53. The summed E-state index contributed by atoms with van der Waals surface area (Å²) in [5.74, 6) is 0.719. The summed E-state index contributed by atoms with van der Waals surface area (Å²) in [4.78, 5) is 6.28. The quantitative estimate of drug-likeness (QED) is 0.793. The van der Waals surface area contributed by atoms with Gasteiger partial charge in [0.25, 0.3) is 0 Å². The highest BCUT2D eigenvalue weighted by Gasteiger charge is 2.06. The summed E-state index contributed by atoms with van der Waals surface area (Å²) in [5.41, 5.74) is 0.649. The second-order valence-electron chi connectivity index (χ2n) is 4.66. The molecular formula is C14H21FN4. The highest BCUT2D eigenvalue weighted by atomic mass is 19.1. The Balaban J connectivity index is 1.71. The SMILES string of the molecule is CN(CCCNC1=NCCCN1)c1ccccc1F. The zero-order valence-electron chi connectivity index (χ0n) is 11.3. The van der Waals surface area contributed by atoms with Crippen LogP contribution in [0.2, 0.25) is 0 Å². The van der Waals surface area contributed by atoms with Gasteiger partial charge in [0.15, 0.2) is 5.96 Å². The van der Waals surface area contributed by atoms with E-state index >= 15 is 0 Å². The van der Waals surface area contributed by atoms with Gasteiger partial charge in [-0.1, -0.05) is 12.1 Å². The molecular weight excluding hydrogens is 243 g/mol. The van der Waals surface area contributed by atoms with Gasteiger partial charge < -0.3 is 15.5 Å². The minimum atomic E-state index is -0.170. The summed E-state index contributed by atoms with van der Waals surface area (Å²) in [6.07, 6.45) is 2.03. The number of nitrogens with one attached hydrogen (secondary N) is 2. The maximum absolute atomic E-state index is 13.6. The van der Waals surface area contributed by atoms with Crippen LogP contribution >= 0.6 is 0 Å². The van der Waals surface area contributed by atoms with Gasteiger partial charge in [-0.3, -0.25) is 4.99 Å². The van der Waals surface area contributed by atoms with Crippen LogP contribution in [0.1, 0.15) is 12.8 Å². The number of hydrogen-bond donors (Lipinski definition) is 2. The van der Waals surface area contributed by atoms with Crippen LogP contribution in [0.4, 0.5) is 10.1 Å². The van der Waals surface area contributed by atoms with Gasteiger partial charge >= 0.3 is 0 Å². The smallest absolute Gasteiger partial charge is 0.191 e. The van der Waals surface area contributed by atoms with E-state index in [9.17, 15) is 4.39 Å². The Morgan fingerprint density at radius 1 is 1.42 bits per heavy atom. The maximum atomic E-state index is 13.6. The first-order valence-electron chi connectivity index (χ1n) is 6.75. The van der Waals surface area contributed by atoms with Crippen molar-refractivity contribution in [3.8, 4) is 0 Å². The van der Waals surface area contributed by atoms with Crippen LogP contribution in [0.5, 0.6) is 0 Å². The largest absolute Gasteiger partial charge is 0.372 e. The lowest BCUT2D eigenvalue weighted by molar-refractivity contribution is 0.618. The van der Waals surface area contributed by atoms with E-state index in [-0.39, 0.29) is 5.82 Å². The van der Waals surface area contributed by atoms with Crippen molar-refractivity contribution in [2.75, 3.05) is 38.1 Å². The number of anilines is 1. The van der Waals surface area contributed by atoms with E-state index in [1.165, 1.54) is 6.07 Å². The number of nitrogens with zero attached hydrogens (tertiary/aromatic N) is 2. The molecule has 1 heterocycles. The fourth-order valence-electron chi connectivity index (χ4n) is 2.06.